The van der Waals surface area contributed by atoms with Crippen LogP contribution in [0.1, 0.15) is 44.7 Å². The maximum Gasteiger partial charge on any atom is 0.413 e. The fourth-order valence-electron chi connectivity index (χ4n) is 2.91. The maximum absolute atomic E-state index is 12.0. The molecule has 0 aliphatic carbocycles. The van der Waals surface area contributed by atoms with Crippen molar-refractivity contribution in [2.24, 2.45) is 5.92 Å². The smallest absolute Gasteiger partial charge is 0.413 e. The largest absolute Gasteiger partial charge is 0.481 e. The molecule has 2 rings (SSSR count). The second-order valence-corrected chi connectivity index (χ2v) is 8.94. The molecule has 0 spiro atoms. The van der Waals surface area contributed by atoms with E-state index < -0.39 is 29.5 Å². The summed E-state index contributed by atoms with van der Waals surface area (Å²) in [6.07, 6.45) is 0.919. The first-order chi connectivity index (χ1) is 14.1. The van der Waals surface area contributed by atoms with E-state index in [-0.39, 0.29) is 10.9 Å². The Labute approximate surface area is 180 Å². The van der Waals surface area contributed by atoms with E-state index in [4.69, 9.17) is 4.74 Å². The predicted octanol–water partition coefficient (Wildman–Crippen LogP) is 4.54. The number of hydrogen-bond donors (Lipinski definition) is 2. The molecule has 8 heteroatoms. The van der Waals surface area contributed by atoms with Crippen molar-refractivity contribution in [2.45, 2.75) is 39.2 Å². The number of hydrogen-bond acceptors (Lipinski definition) is 6. The number of ether oxygens (including phenoxy) is 1. The van der Waals surface area contributed by atoms with Crippen LogP contribution >= 0.6 is 11.8 Å². The van der Waals surface area contributed by atoms with Crippen molar-refractivity contribution in [2.75, 3.05) is 11.1 Å². The van der Waals surface area contributed by atoms with Crippen molar-refractivity contribution in [1.82, 2.24) is 4.98 Å². The zero-order valence-corrected chi connectivity index (χ0v) is 18.2. The van der Waals surface area contributed by atoms with Crippen LogP contribution in [-0.2, 0) is 14.3 Å². The fourth-order valence-corrected chi connectivity index (χ4v) is 3.66. The van der Waals surface area contributed by atoms with Gasteiger partial charge in [0.15, 0.2) is 5.12 Å². The lowest BCUT2D eigenvalue weighted by molar-refractivity contribution is -0.141. The topological polar surface area (TPSA) is 106 Å². The second-order valence-electron chi connectivity index (χ2n) is 7.74. The minimum Gasteiger partial charge on any atom is -0.481 e. The third-order valence-electron chi connectivity index (χ3n) is 4.12. The van der Waals surface area contributed by atoms with Crippen LogP contribution in [0.2, 0.25) is 0 Å². The number of rotatable bonds is 7. The van der Waals surface area contributed by atoms with E-state index in [1.54, 1.807) is 39.1 Å². The van der Waals surface area contributed by atoms with E-state index >= 15 is 0 Å². The van der Waals surface area contributed by atoms with Crippen LogP contribution < -0.4 is 5.32 Å². The minimum atomic E-state index is -0.992. The zero-order valence-electron chi connectivity index (χ0n) is 17.4. The number of carboxylic acids is 1. The maximum atomic E-state index is 12.0. The van der Waals surface area contributed by atoms with Gasteiger partial charge in [-0.2, -0.15) is 0 Å². The van der Waals surface area contributed by atoms with Gasteiger partial charge in [0.1, 0.15) is 11.4 Å². The molecular weight excluding hydrogens is 404 g/mol. The van der Waals surface area contributed by atoms with Crippen LogP contribution in [0, 0.1) is 5.92 Å². The van der Waals surface area contributed by atoms with Crippen molar-refractivity contribution in [3.8, 4) is 0 Å². The molecule has 160 valence electrons. The Balaban J connectivity index is 2.31. The van der Waals surface area contributed by atoms with Crippen LogP contribution in [0.15, 0.2) is 48.7 Å². The van der Waals surface area contributed by atoms with Crippen LogP contribution in [0.5, 0.6) is 0 Å². The van der Waals surface area contributed by atoms with Crippen LogP contribution in [0.3, 0.4) is 0 Å². The van der Waals surface area contributed by atoms with Gasteiger partial charge in [-0.1, -0.05) is 48.2 Å². The molecule has 2 atom stereocenters. The van der Waals surface area contributed by atoms with Gasteiger partial charge in [-0.3, -0.25) is 14.9 Å². The van der Waals surface area contributed by atoms with Gasteiger partial charge in [0, 0.05) is 24.8 Å². The highest BCUT2D eigenvalue weighted by molar-refractivity contribution is 8.13. The Morgan fingerprint density at radius 2 is 1.77 bits per heavy atom. The van der Waals surface area contributed by atoms with E-state index in [2.05, 4.69) is 10.3 Å². The molecular formula is C22H26N2O5S. The van der Waals surface area contributed by atoms with Gasteiger partial charge in [0.2, 0.25) is 0 Å². The number of amides is 1. The van der Waals surface area contributed by atoms with Crippen LogP contribution in [-0.4, -0.2) is 38.6 Å². The molecule has 0 radical (unpaired) electrons. The third-order valence-corrected chi connectivity index (χ3v) is 5.05. The molecule has 0 saturated heterocycles. The number of nitrogens with one attached hydrogen (secondary N) is 1. The van der Waals surface area contributed by atoms with E-state index in [0.717, 1.165) is 17.3 Å². The molecule has 7 nitrogen and oxygen atoms in total. The van der Waals surface area contributed by atoms with Crippen molar-refractivity contribution < 1.29 is 24.2 Å². The van der Waals surface area contributed by atoms with Gasteiger partial charge < -0.3 is 9.84 Å². The molecule has 1 aromatic heterocycles. The lowest BCUT2D eigenvalue weighted by Gasteiger charge is -2.24. The summed E-state index contributed by atoms with van der Waals surface area (Å²) >= 11 is 0.988. The number of thioether (sulfide) groups is 1. The van der Waals surface area contributed by atoms with Crippen LogP contribution in [0.4, 0.5) is 10.6 Å². The third kappa shape index (κ3) is 7.18. The molecule has 0 aliphatic rings. The number of nitrogens with zero attached hydrogens (tertiary/aromatic N) is 1. The summed E-state index contributed by atoms with van der Waals surface area (Å²) in [5.41, 5.74) is 0.849. The number of anilines is 1. The van der Waals surface area contributed by atoms with Crippen molar-refractivity contribution in [3.05, 3.63) is 59.8 Å². The lowest BCUT2D eigenvalue weighted by Crippen LogP contribution is -2.27. The minimum absolute atomic E-state index is 0.136. The summed E-state index contributed by atoms with van der Waals surface area (Å²) in [5.74, 6) is -1.88. The Hall–Kier alpha value is -2.87. The van der Waals surface area contributed by atoms with Crippen LogP contribution in [0.25, 0.3) is 0 Å². The highest BCUT2D eigenvalue weighted by Gasteiger charge is 2.31. The van der Waals surface area contributed by atoms with Gasteiger partial charge in [-0.15, -0.1) is 0 Å². The molecule has 2 aromatic rings. The first-order valence-electron chi connectivity index (χ1n) is 9.44. The summed E-state index contributed by atoms with van der Waals surface area (Å²) in [6, 6.07) is 12.6. The molecule has 2 N–H and O–H groups in total. The highest BCUT2D eigenvalue weighted by Crippen LogP contribution is 2.34. The van der Waals surface area contributed by atoms with Gasteiger partial charge in [-0.25, -0.2) is 9.78 Å². The predicted molar refractivity (Wildman–Crippen MR) is 117 cm³/mol. The number of aromatic nitrogens is 1. The number of carbonyl (C=O) groups excluding carboxylic acids is 2. The molecule has 2 unspecified atom stereocenters. The second kappa shape index (κ2) is 10.2. The molecule has 1 heterocycles. The van der Waals surface area contributed by atoms with Gasteiger partial charge in [0.05, 0.1) is 5.92 Å². The Morgan fingerprint density at radius 1 is 1.10 bits per heavy atom. The summed E-state index contributed by atoms with van der Waals surface area (Å²) in [4.78, 5) is 39.6. The quantitative estimate of drug-likeness (QED) is 0.664. The standard InChI is InChI=1S/C22H26N2O5S/c1-14(25)30-13-17(20(26)27)19(15-8-6-5-7-9-15)16-10-11-18(23-12-16)24-21(28)29-22(2,3)4/h5-12,17,19H,13H2,1-4H3,(H,26,27)(H,23,24,28). The van der Waals surface area contributed by atoms with E-state index in [9.17, 15) is 19.5 Å². The number of pyridine rings is 1. The summed E-state index contributed by atoms with van der Waals surface area (Å²) in [7, 11) is 0. The van der Waals surface area contributed by atoms with E-state index in [1.807, 2.05) is 30.3 Å². The monoisotopic (exact) mass is 430 g/mol. The lowest BCUT2D eigenvalue weighted by atomic mass is 9.82. The first kappa shape index (κ1) is 23.4. The SMILES string of the molecule is CC(=O)SCC(C(=O)O)C(c1ccccc1)c1ccc(NC(=O)OC(C)(C)C)nc1. The van der Waals surface area contributed by atoms with Crippen molar-refractivity contribution >= 4 is 34.8 Å². The van der Waals surface area contributed by atoms with Gasteiger partial charge in [0.25, 0.3) is 0 Å². The molecule has 0 aliphatic heterocycles. The molecule has 1 aromatic carbocycles. The zero-order chi connectivity index (χ0) is 22.3. The van der Waals surface area contributed by atoms with E-state index in [1.165, 1.54) is 6.92 Å². The number of aliphatic carboxylic acids is 1. The molecule has 0 saturated carbocycles. The number of carbonyl (C=O) groups is 3. The molecule has 30 heavy (non-hydrogen) atoms. The van der Waals surface area contributed by atoms with Gasteiger partial charge in [-0.05, 0) is 38.0 Å². The Kier molecular flexibility index (Phi) is 8.00. The normalized spacial score (nSPS) is 13.2. The Morgan fingerprint density at radius 3 is 2.27 bits per heavy atom. The summed E-state index contributed by atoms with van der Waals surface area (Å²) < 4.78 is 5.21. The average Bonchev–Trinajstić information content (AvgIpc) is 2.64. The van der Waals surface area contributed by atoms with E-state index in [0.29, 0.717) is 11.4 Å². The summed E-state index contributed by atoms with van der Waals surface area (Å²) in [5, 5.41) is 12.3. The molecule has 1 amide bonds. The molecule has 0 bridgehead atoms. The Bertz CT molecular complexity index is 879. The van der Waals surface area contributed by atoms with Crippen molar-refractivity contribution in [1.29, 1.82) is 0 Å². The number of carboxylic acid groups (broad SMARTS) is 1. The van der Waals surface area contributed by atoms with Crippen molar-refractivity contribution in [3.63, 3.8) is 0 Å². The first-order valence-corrected chi connectivity index (χ1v) is 10.4. The van der Waals surface area contributed by atoms with Gasteiger partial charge >= 0.3 is 12.1 Å². The molecule has 0 fully saturated rings. The highest BCUT2D eigenvalue weighted by atomic mass is 32.2. The average molecular weight is 431 g/mol. The fraction of sp³-hybridized carbons (Fsp3) is 0.364. The number of benzene rings is 1. The summed E-state index contributed by atoms with van der Waals surface area (Å²) in [6.45, 7) is 6.70.